The monoisotopic (exact) mass is 420 g/mol. The van der Waals surface area contributed by atoms with Crippen molar-refractivity contribution in [1.82, 2.24) is 20.4 Å². The largest absolute Gasteiger partial charge is 0.381 e. The van der Waals surface area contributed by atoms with Crippen molar-refractivity contribution in [3.63, 3.8) is 0 Å². The third-order valence-corrected chi connectivity index (χ3v) is 6.40. The second-order valence-corrected chi connectivity index (χ2v) is 8.43. The fourth-order valence-electron chi connectivity index (χ4n) is 3.93. The van der Waals surface area contributed by atoms with Crippen LogP contribution in [0, 0.1) is 5.92 Å². The molecule has 0 radical (unpaired) electrons. The minimum Gasteiger partial charge on any atom is -0.381 e. The summed E-state index contributed by atoms with van der Waals surface area (Å²) >= 11 is 1.58. The van der Waals surface area contributed by atoms with Gasteiger partial charge < -0.3 is 19.3 Å². The van der Waals surface area contributed by atoms with Gasteiger partial charge >= 0.3 is 0 Å². The quantitative estimate of drug-likeness (QED) is 0.663. The van der Waals surface area contributed by atoms with E-state index in [0.717, 1.165) is 50.8 Å². The van der Waals surface area contributed by atoms with Crippen molar-refractivity contribution < 1.29 is 18.8 Å². The fourth-order valence-corrected chi connectivity index (χ4v) is 4.58. The van der Waals surface area contributed by atoms with Crippen LogP contribution in [0.15, 0.2) is 22.0 Å². The molecule has 2 atom stereocenters. The summed E-state index contributed by atoms with van der Waals surface area (Å²) in [4.78, 5) is 20.2. The molecule has 2 fully saturated rings. The number of morpholine rings is 1. The summed E-state index contributed by atoms with van der Waals surface area (Å²) < 4.78 is 16.4. The Kier molecular flexibility index (Phi) is 7.26. The number of carbonyl (C=O) groups is 1. The number of rotatable bonds is 9. The molecule has 4 heterocycles. The molecule has 0 saturated carbocycles. The van der Waals surface area contributed by atoms with Crippen LogP contribution in [0.2, 0.25) is 0 Å². The summed E-state index contributed by atoms with van der Waals surface area (Å²) in [7, 11) is 0. The molecular weight excluding hydrogens is 392 g/mol. The Morgan fingerprint density at radius 3 is 2.97 bits per heavy atom. The predicted octanol–water partition coefficient (Wildman–Crippen LogP) is 1.97. The molecule has 2 aromatic heterocycles. The van der Waals surface area contributed by atoms with Crippen LogP contribution in [0.1, 0.15) is 25.2 Å². The normalized spacial score (nSPS) is 21.3. The van der Waals surface area contributed by atoms with E-state index in [1.807, 2.05) is 17.5 Å². The van der Waals surface area contributed by atoms with Crippen LogP contribution >= 0.6 is 11.3 Å². The lowest BCUT2D eigenvalue weighted by atomic mass is 9.96. The fraction of sp³-hybridized carbons (Fsp3) is 0.650. The first kappa shape index (κ1) is 20.5. The Balaban J connectivity index is 1.21. The van der Waals surface area contributed by atoms with E-state index in [4.69, 9.17) is 14.0 Å². The summed E-state index contributed by atoms with van der Waals surface area (Å²) in [5.41, 5.74) is 0. The van der Waals surface area contributed by atoms with Crippen LogP contribution in [-0.4, -0.2) is 73.1 Å². The average molecular weight is 421 g/mol. The second kappa shape index (κ2) is 10.3. The maximum Gasteiger partial charge on any atom is 0.226 e. The van der Waals surface area contributed by atoms with Crippen LogP contribution in [0.4, 0.5) is 0 Å². The Labute approximate surface area is 174 Å². The number of nitrogens with zero attached hydrogens (tertiary/aromatic N) is 3. The summed E-state index contributed by atoms with van der Waals surface area (Å²) in [6.07, 6.45) is 2.80. The van der Waals surface area contributed by atoms with Crippen molar-refractivity contribution in [1.29, 1.82) is 0 Å². The number of thiophene rings is 1. The molecule has 8 nitrogen and oxygen atoms in total. The van der Waals surface area contributed by atoms with Crippen molar-refractivity contribution in [3.05, 3.63) is 23.4 Å². The summed E-state index contributed by atoms with van der Waals surface area (Å²) in [5, 5.41) is 9.12. The van der Waals surface area contributed by atoms with Crippen molar-refractivity contribution in [2.45, 2.75) is 31.7 Å². The molecule has 158 valence electrons. The zero-order valence-corrected chi connectivity index (χ0v) is 17.4. The molecule has 2 saturated heterocycles. The van der Waals surface area contributed by atoms with Gasteiger partial charge in [-0.2, -0.15) is 4.98 Å². The maximum absolute atomic E-state index is 12.4. The van der Waals surface area contributed by atoms with Gasteiger partial charge in [0.2, 0.25) is 17.6 Å². The molecule has 4 rings (SSSR count). The molecular formula is C20H28N4O4S. The highest BCUT2D eigenvalue weighted by Crippen LogP contribution is 2.23. The number of aryl methyl sites for hydroxylation is 1. The first-order chi connectivity index (χ1) is 14.3. The van der Waals surface area contributed by atoms with Gasteiger partial charge in [0, 0.05) is 51.0 Å². The summed E-state index contributed by atoms with van der Waals surface area (Å²) in [5.74, 6) is 1.74. The van der Waals surface area contributed by atoms with Crippen LogP contribution in [0.3, 0.4) is 0 Å². The third kappa shape index (κ3) is 5.63. The highest BCUT2D eigenvalue weighted by atomic mass is 32.1. The Bertz CT molecular complexity index is 754. The van der Waals surface area contributed by atoms with Gasteiger partial charge in [-0.15, -0.1) is 11.3 Å². The molecule has 0 aliphatic carbocycles. The second-order valence-electron chi connectivity index (χ2n) is 7.49. The first-order valence-corrected chi connectivity index (χ1v) is 11.2. The molecule has 2 aliphatic rings. The Hall–Kier alpha value is -1.81. The highest BCUT2D eigenvalue weighted by Gasteiger charge is 2.31. The van der Waals surface area contributed by atoms with E-state index in [0.29, 0.717) is 49.5 Å². The maximum atomic E-state index is 12.4. The lowest BCUT2D eigenvalue weighted by molar-refractivity contribution is -0.121. The number of hydrogen-bond donors (Lipinski definition) is 1. The van der Waals surface area contributed by atoms with E-state index in [2.05, 4.69) is 20.4 Å². The molecule has 2 unspecified atom stereocenters. The minimum atomic E-state index is 0.0696. The number of ether oxygens (including phenoxy) is 2. The molecule has 2 aromatic rings. The van der Waals surface area contributed by atoms with E-state index in [1.165, 1.54) is 0 Å². The lowest BCUT2D eigenvalue weighted by Gasteiger charge is -2.37. The van der Waals surface area contributed by atoms with Gasteiger partial charge in [0.15, 0.2) is 0 Å². The molecule has 1 amide bonds. The van der Waals surface area contributed by atoms with Crippen molar-refractivity contribution in [2.75, 3.05) is 46.1 Å². The molecule has 0 aromatic carbocycles. The van der Waals surface area contributed by atoms with Gasteiger partial charge in [-0.25, -0.2) is 0 Å². The van der Waals surface area contributed by atoms with Crippen molar-refractivity contribution in [3.8, 4) is 10.7 Å². The van der Waals surface area contributed by atoms with E-state index < -0.39 is 0 Å². The Morgan fingerprint density at radius 1 is 1.31 bits per heavy atom. The molecule has 2 aliphatic heterocycles. The van der Waals surface area contributed by atoms with Crippen molar-refractivity contribution in [2.24, 2.45) is 5.92 Å². The SMILES string of the molecule is O=C(CCCc1nc(-c2cccs2)no1)NCC(C1CCOC1)N1CCOCC1. The van der Waals surface area contributed by atoms with Gasteiger partial charge in [-0.1, -0.05) is 11.2 Å². The molecule has 1 N–H and O–H groups in total. The average Bonchev–Trinajstić information content (AvgIpc) is 3.51. The first-order valence-electron chi connectivity index (χ1n) is 10.3. The van der Waals surface area contributed by atoms with Crippen molar-refractivity contribution >= 4 is 17.2 Å². The van der Waals surface area contributed by atoms with E-state index in [1.54, 1.807) is 11.3 Å². The van der Waals surface area contributed by atoms with E-state index >= 15 is 0 Å². The van der Waals surface area contributed by atoms with E-state index in [-0.39, 0.29) is 5.91 Å². The Morgan fingerprint density at radius 2 is 2.21 bits per heavy atom. The minimum absolute atomic E-state index is 0.0696. The van der Waals surface area contributed by atoms with Gasteiger partial charge in [0.05, 0.1) is 24.7 Å². The molecule has 0 spiro atoms. The smallest absolute Gasteiger partial charge is 0.226 e. The van der Waals surface area contributed by atoms with Crippen LogP contribution in [-0.2, 0) is 20.7 Å². The summed E-state index contributed by atoms with van der Waals surface area (Å²) in [6, 6.07) is 4.24. The number of amides is 1. The zero-order valence-electron chi connectivity index (χ0n) is 16.5. The standard InChI is InChI=1S/C20H28N4O4S/c25-18(4-1-5-19-22-20(23-28-19)17-3-2-12-29-17)21-13-16(15-6-9-27-14-15)24-7-10-26-11-8-24/h2-3,12,15-16H,1,4-11,13-14H2,(H,21,25). The third-order valence-electron chi connectivity index (χ3n) is 5.54. The van der Waals surface area contributed by atoms with Crippen LogP contribution in [0.25, 0.3) is 10.7 Å². The van der Waals surface area contributed by atoms with Crippen LogP contribution < -0.4 is 5.32 Å². The zero-order chi connectivity index (χ0) is 19.9. The lowest BCUT2D eigenvalue weighted by Crippen LogP contribution is -2.52. The topological polar surface area (TPSA) is 89.7 Å². The van der Waals surface area contributed by atoms with E-state index in [9.17, 15) is 4.79 Å². The molecule has 9 heteroatoms. The molecule has 0 bridgehead atoms. The number of aromatic nitrogens is 2. The van der Waals surface area contributed by atoms with Gasteiger partial charge in [-0.05, 0) is 24.3 Å². The number of hydrogen-bond acceptors (Lipinski definition) is 8. The highest BCUT2D eigenvalue weighted by molar-refractivity contribution is 7.13. The predicted molar refractivity (Wildman–Crippen MR) is 109 cm³/mol. The van der Waals surface area contributed by atoms with Gasteiger partial charge in [0.1, 0.15) is 0 Å². The van der Waals surface area contributed by atoms with Crippen LogP contribution in [0.5, 0.6) is 0 Å². The van der Waals surface area contributed by atoms with Gasteiger partial charge in [0.25, 0.3) is 0 Å². The summed E-state index contributed by atoms with van der Waals surface area (Å²) in [6.45, 7) is 5.61. The molecule has 29 heavy (non-hydrogen) atoms. The number of nitrogens with one attached hydrogen (secondary N) is 1. The number of carbonyl (C=O) groups excluding carboxylic acids is 1. The van der Waals surface area contributed by atoms with Gasteiger partial charge in [-0.3, -0.25) is 9.69 Å².